The van der Waals surface area contributed by atoms with Crippen LogP contribution in [-0.2, 0) is 17.9 Å². The highest BCUT2D eigenvalue weighted by Crippen LogP contribution is 2.31. The lowest BCUT2D eigenvalue weighted by molar-refractivity contribution is -0.0241. The van der Waals surface area contributed by atoms with Crippen LogP contribution in [0.5, 0.6) is 0 Å². The molecule has 1 N–H and O–H groups in total. The van der Waals surface area contributed by atoms with Crippen LogP contribution in [0.2, 0.25) is 0 Å². The van der Waals surface area contributed by atoms with Crippen molar-refractivity contribution in [3.8, 4) is 11.1 Å². The van der Waals surface area contributed by atoms with Gasteiger partial charge in [0, 0.05) is 43.5 Å². The first-order chi connectivity index (χ1) is 17.0. The highest BCUT2D eigenvalue weighted by Gasteiger charge is 2.30. The van der Waals surface area contributed by atoms with Gasteiger partial charge in [0.05, 0.1) is 25.4 Å². The molecule has 0 saturated carbocycles. The lowest BCUT2D eigenvalue weighted by Gasteiger charge is -2.35. The molecule has 2 heterocycles. The molecule has 184 valence electrons. The van der Waals surface area contributed by atoms with Gasteiger partial charge in [-0.25, -0.2) is 0 Å². The van der Waals surface area contributed by atoms with Crippen molar-refractivity contribution in [1.29, 1.82) is 0 Å². The average molecular weight is 474 g/mol. The zero-order valence-corrected chi connectivity index (χ0v) is 20.8. The van der Waals surface area contributed by atoms with Crippen LogP contribution in [0.3, 0.4) is 0 Å². The minimum absolute atomic E-state index is 0.0572. The van der Waals surface area contributed by atoms with Crippen molar-refractivity contribution in [2.24, 2.45) is 5.92 Å². The molecule has 6 heteroatoms. The topological polar surface area (TPSA) is 65.9 Å². The number of benzene rings is 2. The van der Waals surface area contributed by atoms with Gasteiger partial charge in [-0.05, 0) is 48.4 Å². The largest absolute Gasteiger partial charge is 0.394 e. The molecule has 4 rings (SSSR count). The van der Waals surface area contributed by atoms with Crippen molar-refractivity contribution < 1.29 is 14.6 Å². The van der Waals surface area contributed by atoms with Gasteiger partial charge in [0.2, 0.25) is 0 Å². The van der Waals surface area contributed by atoms with E-state index in [1.54, 1.807) is 11.1 Å². The SMILES string of the molecule is C[C@H](CO)N1C[C@H](C)[C@@H](CN(C)Cc2cccnc2)OCc2ccccc2-c2ccccc2C1=O. The molecule has 3 aromatic rings. The van der Waals surface area contributed by atoms with Crippen molar-refractivity contribution in [1.82, 2.24) is 14.8 Å². The summed E-state index contributed by atoms with van der Waals surface area (Å²) in [5.74, 6) is -0.00473. The van der Waals surface area contributed by atoms with Crippen molar-refractivity contribution in [3.05, 3.63) is 89.7 Å². The molecule has 0 saturated heterocycles. The van der Waals surface area contributed by atoms with E-state index in [4.69, 9.17) is 4.74 Å². The Hall–Kier alpha value is -3.06. The number of nitrogens with zero attached hydrogens (tertiary/aromatic N) is 3. The Bertz CT molecular complexity index is 1120. The van der Waals surface area contributed by atoms with Gasteiger partial charge in [0.25, 0.3) is 5.91 Å². The quantitative estimate of drug-likeness (QED) is 0.580. The lowest BCUT2D eigenvalue weighted by Crippen LogP contribution is -2.47. The first-order valence-corrected chi connectivity index (χ1v) is 12.3. The van der Waals surface area contributed by atoms with Gasteiger partial charge < -0.3 is 14.7 Å². The Labute approximate surface area is 208 Å². The second kappa shape index (κ2) is 11.6. The number of rotatable bonds is 6. The molecule has 1 aliphatic heterocycles. The van der Waals surface area contributed by atoms with E-state index in [0.29, 0.717) is 25.3 Å². The number of aliphatic hydroxyl groups is 1. The number of amides is 1. The molecule has 0 spiro atoms. The van der Waals surface area contributed by atoms with Crippen molar-refractivity contribution in [3.63, 3.8) is 0 Å². The van der Waals surface area contributed by atoms with E-state index in [2.05, 4.69) is 42.1 Å². The molecule has 0 aliphatic carbocycles. The third-order valence-corrected chi connectivity index (χ3v) is 6.76. The molecule has 0 fully saturated rings. The van der Waals surface area contributed by atoms with Crippen molar-refractivity contribution in [2.45, 2.75) is 39.1 Å². The second-order valence-electron chi connectivity index (χ2n) is 9.58. The van der Waals surface area contributed by atoms with Gasteiger partial charge in [-0.3, -0.25) is 14.7 Å². The molecular formula is C29H35N3O3. The predicted octanol–water partition coefficient (Wildman–Crippen LogP) is 4.24. The third-order valence-electron chi connectivity index (χ3n) is 6.76. The number of carbonyl (C=O) groups excluding carboxylic acids is 1. The maximum absolute atomic E-state index is 13.8. The normalized spacial score (nSPS) is 19.6. The maximum Gasteiger partial charge on any atom is 0.254 e. The summed E-state index contributed by atoms with van der Waals surface area (Å²) >= 11 is 0. The summed E-state index contributed by atoms with van der Waals surface area (Å²) in [5.41, 5.74) is 4.76. The van der Waals surface area contributed by atoms with Gasteiger partial charge in [-0.15, -0.1) is 0 Å². The number of hydrogen-bond donors (Lipinski definition) is 1. The van der Waals surface area contributed by atoms with Crippen molar-refractivity contribution >= 4 is 5.91 Å². The summed E-state index contributed by atoms with van der Waals surface area (Å²) < 4.78 is 6.58. The van der Waals surface area contributed by atoms with E-state index >= 15 is 0 Å². The van der Waals surface area contributed by atoms with Gasteiger partial charge in [0.1, 0.15) is 0 Å². The van der Waals surface area contributed by atoms with Crippen LogP contribution in [0.25, 0.3) is 11.1 Å². The predicted molar refractivity (Wildman–Crippen MR) is 138 cm³/mol. The van der Waals surface area contributed by atoms with Crippen LogP contribution in [-0.4, -0.2) is 64.7 Å². The molecular weight excluding hydrogens is 438 g/mol. The number of likely N-dealkylation sites (N-methyl/N-ethyl adjacent to an activating group) is 1. The van der Waals surface area contributed by atoms with Gasteiger partial charge in [-0.1, -0.05) is 55.5 Å². The zero-order chi connectivity index (χ0) is 24.8. The molecule has 0 bridgehead atoms. The number of aromatic nitrogens is 1. The van der Waals surface area contributed by atoms with E-state index in [-0.39, 0.29) is 30.6 Å². The van der Waals surface area contributed by atoms with E-state index < -0.39 is 0 Å². The van der Waals surface area contributed by atoms with Crippen LogP contribution in [0.4, 0.5) is 0 Å². The maximum atomic E-state index is 13.8. The molecule has 0 unspecified atom stereocenters. The van der Waals surface area contributed by atoms with Crippen LogP contribution < -0.4 is 0 Å². The first-order valence-electron chi connectivity index (χ1n) is 12.3. The summed E-state index contributed by atoms with van der Waals surface area (Å²) in [6, 6.07) is 19.6. The average Bonchev–Trinajstić information content (AvgIpc) is 2.90. The van der Waals surface area contributed by atoms with Crippen LogP contribution in [0.15, 0.2) is 73.1 Å². The van der Waals surface area contributed by atoms with Crippen LogP contribution in [0.1, 0.15) is 35.3 Å². The fourth-order valence-electron chi connectivity index (χ4n) is 4.73. The summed E-state index contributed by atoms with van der Waals surface area (Å²) in [4.78, 5) is 22.1. The van der Waals surface area contributed by atoms with E-state index in [0.717, 1.165) is 28.8 Å². The molecule has 6 nitrogen and oxygen atoms in total. The van der Waals surface area contributed by atoms with Gasteiger partial charge >= 0.3 is 0 Å². The first kappa shape index (κ1) is 25.0. The smallest absolute Gasteiger partial charge is 0.254 e. The Morgan fingerprint density at radius 2 is 1.80 bits per heavy atom. The Morgan fingerprint density at radius 3 is 2.51 bits per heavy atom. The monoisotopic (exact) mass is 473 g/mol. The van der Waals surface area contributed by atoms with Crippen LogP contribution in [0, 0.1) is 5.92 Å². The summed E-state index contributed by atoms with van der Waals surface area (Å²) in [7, 11) is 2.08. The summed E-state index contributed by atoms with van der Waals surface area (Å²) in [5, 5.41) is 9.98. The number of aliphatic hydroxyl groups excluding tert-OH is 1. The minimum atomic E-state index is -0.303. The fourth-order valence-corrected chi connectivity index (χ4v) is 4.73. The van der Waals surface area contributed by atoms with E-state index in [1.807, 2.05) is 55.6 Å². The minimum Gasteiger partial charge on any atom is -0.394 e. The number of fused-ring (bicyclic) bond motifs is 3. The summed E-state index contributed by atoms with van der Waals surface area (Å²) in [6.45, 7) is 6.36. The molecule has 35 heavy (non-hydrogen) atoms. The molecule has 2 aromatic carbocycles. The number of pyridine rings is 1. The lowest BCUT2D eigenvalue weighted by atomic mass is 9.94. The fraction of sp³-hybridized carbons (Fsp3) is 0.379. The highest BCUT2D eigenvalue weighted by atomic mass is 16.5. The van der Waals surface area contributed by atoms with E-state index in [9.17, 15) is 9.90 Å². The Balaban J connectivity index is 1.68. The number of carbonyl (C=O) groups is 1. The second-order valence-corrected chi connectivity index (χ2v) is 9.58. The van der Waals surface area contributed by atoms with Crippen molar-refractivity contribution in [2.75, 3.05) is 26.7 Å². The Morgan fingerprint density at radius 1 is 1.09 bits per heavy atom. The van der Waals surface area contributed by atoms with Crippen LogP contribution >= 0.6 is 0 Å². The number of hydrogen-bond acceptors (Lipinski definition) is 5. The van der Waals surface area contributed by atoms with E-state index in [1.165, 1.54) is 0 Å². The third kappa shape index (κ3) is 5.96. The molecule has 1 amide bonds. The molecule has 0 radical (unpaired) electrons. The zero-order valence-electron chi connectivity index (χ0n) is 20.8. The van der Waals surface area contributed by atoms with Gasteiger partial charge in [-0.2, -0.15) is 0 Å². The highest BCUT2D eigenvalue weighted by molar-refractivity contribution is 6.01. The summed E-state index contributed by atoms with van der Waals surface area (Å²) in [6.07, 6.45) is 3.56. The molecule has 3 atom stereocenters. The molecule has 1 aromatic heterocycles. The number of ether oxygens (including phenoxy) is 1. The standard InChI is InChI=1S/C29H35N3O3/c1-21-16-32(22(2)19-33)29(34)27-13-7-6-12-26(27)25-11-5-4-10-24(25)20-35-28(21)18-31(3)17-23-9-8-14-30-15-23/h4-15,21-22,28,33H,16-20H2,1-3H3/t21-,22+,28+/m0/s1. The molecule has 1 aliphatic rings. The Kier molecular flexibility index (Phi) is 8.29. The van der Waals surface area contributed by atoms with Gasteiger partial charge in [0.15, 0.2) is 0 Å².